The number of nitrogens with zero attached hydrogens (tertiary/aromatic N) is 2. The lowest BCUT2D eigenvalue weighted by molar-refractivity contribution is 0.242. The molecule has 1 aromatic carbocycles. The molecule has 0 spiro atoms. The van der Waals surface area contributed by atoms with Crippen LogP contribution >= 0.6 is 11.3 Å². The van der Waals surface area contributed by atoms with Gasteiger partial charge in [0.15, 0.2) is 0 Å². The van der Waals surface area contributed by atoms with Gasteiger partial charge in [0.25, 0.3) is 0 Å². The molecule has 1 aromatic heterocycles. The fourth-order valence-corrected chi connectivity index (χ4v) is 2.88. The van der Waals surface area contributed by atoms with Crippen LogP contribution in [0.2, 0.25) is 0 Å². The average Bonchev–Trinajstić information content (AvgIpc) is 2.93. The summed E-state index contributed by atoms with van der Waals surface area (Å²) in [4.78, 5) is 2.22. The SMILES string of the molecule is CN(Cc1cccc(C#N)c1)C(CN)c1ccsc1. The lowest BCUT2D eigenvalue weighted by atomic mass is 10.1. The Morgan fingerprint density at radius 2 is 2.26 bits per heavy atom. The van der Waals surface area contributed by atoms with Crippen molar-refractivity contribution in [3.63, 3.8) is 0 Å². The molecule has 3 nitrogen and oxygen atoms in total. The van der Waals surface area contributed by atoms with Crippen molar-refractivity contribution in [3.8, 4) is 6.07 Å². The first-order chi connectivity index (χ1) is 9.24. The molecule has 1 atom stereocenters. The first-order valence-corrected chi connectivity index (χ1v) is 7.10. The Morgan fingerprint density at radius 1 is 1.42 bits per heavy atom. The quantitative estimate of drug-likeness (QED) is 0.909. The minimum Gasteiger partial charge on any atom is -0.329 e. The van der Waals surface area contributed by atoms with Crippen LogP contribution in [-0.4, -0.2) is 18.5 Å². The van der Waals surface area contributed by atoms with Crippen LogP contribution in [0.5, 0.6) is 0 Å². The van der Waals surface area contributed by atoms with Crippen LogP contribution in [0.3, 0.4) is 0 Å². The second-order valence-electron chi connectivity index (χ2n) is 4.54. The van der Waals surface area contributed by atoms with E-state index < -0.39 is 0 Å². The van der Waals surface area contributed by atoms with Gasteiger partial charge >= 0.3 is 0 Å². The molecule has 0 aliphatic heterocycles. The van der Waals surface area contributed by atoms with Crippen molar-refractivity contribution in [2.45, 2.75) is 12.6 Å². The third kappa shape index (κ3) is 3.42. The summed E-state index contributed by atoms with van der Waals surface area (Å²) in [6, 6.07) is 12.2. The van der Waals surface area contributed by atoms with Crippen molar-refractivity contribution < 1.29 is 0 Å². The number of hydrogen-bond donors (Lipinski definition) is 1. The van der Waals surface area contributed by atoms with Gasteiger partial charge in [-0.05, 0) is 47.1 Å². The van der Waals surface area contributed by atoms with Gasteiger partial charge < -0.3 is 5.73 Å². The van der Waals surface area contributed by atoms with Crippen molar-refractivity contribution >= 4 is 11.3 Å². The van der Waals surface area contributed by atoms with Gasteiger partial charge in [0.1, 0.15) is 0 Å². The highest BCUT2D eigenvalue weighted by Gasteiger charge is 2.16. The predicted molar refractivity (Wildman–Crippen MR) is 78.7 cm³/mol. The molecule has 0 aliphatic rings. The molecular weight excluding hydrogens is 254 g/mol. The number of likely N-dealkylation sites (N-methyl/N-ethyl adjacent to an activating group) is 1. The van der Waals surface area contributed by atoms with Gasteiger partial charge in [0.2, 0.25) is 0 Å². The van der Waals surface area contributed by atoms with Crippen molar-refractivity contribution in [2.24, 2.45) is 5.73 Å². The maximum atomic E-state index is 8.92. The number of nitriles is 1. The standard InChI is InChI=1S/C15H17N3S/c1-18(15(9-17)14-5-6-19-11-14)10-13-4-2-3-12(7-13)8-16/h2-7,11,15H,9-10,17H2,1H3. The van der Waals surface area contributed by atoms with E-state index in [9.17, 15) is 0 Å². The van der Waals surface area contributed by atoms with Gasteiger partial charge in [-0.3, -0.25) is 4.90 Å². The molecule has 4 heteroatoms. The van der Waals surface area contributed by atoms with Crippen LogP contribution in [0.1, 0.15) is 22.7 Å². The molecular formula is C15H17N3S. The number of hydrogen-bond acceptors (Lipinski definition) is 4. The smallest absolute Gasteiger partial charge is 0.0991 e. The topological polar surface area (TPSA) is 53.0 Å². The van der Waals surface area contributed by atoms with E-state index in [1.807, 2.05) is 24.3 Å². The Balaban J connectivity index is 2.11. The zero-order valence-corrected chi connectivity index (χ0v) is 11.7. The molecule has 0 bridgehead atoms. The van der Waals surface area contributed by atoms with Crippen molar-refractivity contribution in [1.29, 1.82) is 5.26 Å². The van der Waals surface area contributed by atoms with E-state index in [4.69, 9.17) is 11.0 Å². The molecule has 1 unspecified atom stereocenters. The molecule has 2 aromatic rings. The zero-order valence-electron chi connectivity index (χ0n) is 10.9. The normalized spacial score (nSPS) is 12.3. The minimum absolute atomic E-state index is 0.219. The molecule has 19 heavy (non-hydrogen) atoms. The molecule has 0 aliphatic carbocycles. The van der Waals surface area contributed by atoms with Crippen LogP contribution in [-0.2, 0) is 6.54 Å². The van der Waals surface area contributed by atoms with Crippen molar-refractivity contribution in [1.82, 2.24) is 4.90 Å². The highest BCUT2D eigenvalue weighted by molar-refractivity contribution is 7.07. The van der Waals surface area contributed by atoms with Crippen LogP contribution in [0.25, 0.3) is 0 Å². The van der Waals surface area contributed by atoms with Gasteiger partial charge in [0, 0.05) is 19.1 Å². The van der Waals surface area contributed by atoms with Crippen LogP contribution in [0, 0.1) is 11.3 Å². The van der Waals surface area contributed by atoms with Crippen molar-refractivity contribution in [3.05, 3.63) is 57.8 Å². The summed E-state index contributed by atoms with van der Waals surface area (Å²) in [5.74, 6) is 0. The average molecular weight is 271 g/mol. The number of rotatable bonds is 5. The van der Waals surface area contributed by atoms with E-state index in [1.54, 1.807) is 11.3 Å². The Morgan fingerprint density at radius 3 is 2.89 bits per heavy atom. The van der Waals surface area contributed by atoms with Gasteiger partial charge in [-0.2, -0.15) is 16.6 Å². The monoisotopic (exact) mass is 271 g/mol. The second-order valence-corrected chi connectivity index (χ2v) is 5.32. The van der Waals surface area contributed by atoms with E-state index in [2.05, 4.69) is 34.8 Å². The first kappa shape index (κ1) is 13.8. The zero-order chi connectivity index (χ0) is 13.7. The maximum Gasteiger partial charge on any atom is 0.0991 e. The molecule has 0 amide bonds. The number of nitrogens with two attached hydrogens (primary N) is 1. The summed E-state index contributed by atoms with van der Waals surface area (Å²) in [7, 11) is 2.06. The van der Waals surface area contributed by atoms with Crippen LogP contribution in [0.15, 0.2) is 41.1 Å². The molecule has 2 N–H and O–H groups in total. The second kappa shape index (κ2) is 6.48. The van der Waals surface area contributed by atoms with Crippen molar-refractivity contribution in [2.75, 3.05) is 13.6 Å². The lowest BCUT2D eigenvalue weighted by Gasteiger charge is -2.26. The lowest BCUT2D eigenvalue weighted by Crippen LogP contribution is -2.29. The summed E-state index contributed by atoms with van der Waals surface area (Å²) in [6.45, 7) is 1.37. The third-order valence-corrected chi connectivity index (χ3v) is 3.87. The fourth-order valence-electron chi connectivity index (χ4n) is 2.17. The Hall–Kier alpha value is -1.67. The fraction of sp³-hybridized carbons (Fsp3) is 0.267. The molecule has 2 rings (SSSR count). The number of thiophene rings is 1. The largest absolute Gasteiger partial charge is 0.329 e. The highest BCUT2D eigenvalue weighted by Crippen LogP contribution is 2.22. The minimum atomic E-state index is 0.219. The van der Waals surface area contributed by atoms with E-state index in [-0.39, 0.29) is 6.04 Å². The molecule has 0 radical (unpaired) electrons. The van der Waals surface area contributed by atoms with E-state index in [1.165, 1.54) is 5.56 Å². The van der Waals surface area contributed by atoms with Gasteiger partial charge in [-0.15, -0.1) is 0 Å². The number of benzene rings is 1. The van der Waals surface area contributed by atoms with Gasteiger partial charge in [-0.25, -0.2) is 0 Å². The summed E-state index contributed by atoms with van der Waals surface area (Å²) in [5, 5.41) is 13.1. The van der Waals surface area contributed by atoms with Gasteiger partial charge in [0.05, 0.1) is 11.6 Å². The molecule has 0 saturated heterocycles. The molecule has 0 fully saturated rings. The predicted octanol–water partition coefficient (Wildman–Crippen LogP) is 2.75. The molecule has 1 heterocycles. The van der Waals surface area contributed by atoms with Crippen LogP contribution < -0.4 is 5.73 Å². The maximum absolute atomic E-state index is 8.92. The summed E-state index contributed by atoms with van der Waals surface area (Å²) < 4.78 is 0. The molecule has 0 saturated carbocycles. The Labute approximate surface area is 117 Å². The Bertz CT molecular complexity index is 557. The summed E-state index contributed by atoms with van der Waals surface area (Å²) in [5.41, 5.74) is 8.98. The van der Waals surface area contributed by atoms with E-state index >= 15 is 0 Å². The van der Waals surface area contributed by atoms with E-state index in [0.29, 0.717) is 12.1 Å². The summed E-state index contributed by atoms with van der Waals surface area (Å²) in [6.07, 6.45) is 0. The third-order valence-electron chi connectivity index (χ3n) is 3.17. The Kier molecular flexibility index (Phi) is 4.69. The first-order valence-electron chi connectivity index (χ1n) is 6.16. The molecule has 98 valence electrons. The van der Waals surface area contributed by atoms with Gasteiger partial charge in [-0.1, -0.05) is 12.1 Å². The summed E-state index contributed by atoms with van der Waals surface area (Å²) >= 11 is 1.69. The van der Waals surface area contributed by atoms with E-state index in [0.717, 1.165) is 12.1 Å². The highest BCUT2D eigenvalue weighted by atomic mass is 32.1. The van der Waals surface area contributed by atoms with Crippen LogP contribution in [0.4, 0.5) is 0 Å².